The van der Waals surface area contributed by atoms with Crippen molar-refractivity contribution in [1.29, 1.82) is 0 Å². The van der Waals surface area contributed by atoms with Crippen LogP contribution in [0.4, 0.5) is 5.82 Å². The molecule has 1 fully saturated rings. The Morgan fingerprint density at radius 2 is 1.93 bits per heavy atom. The smallest absolute Gasteiger partial charge is 0.166 e. The van der Waals surface area contributed by atoms with Crippen molar-refractivity contribution in [2.24, 2.45) is 0 Å². The van der Waals surface area contributed by atoms with Crippen LogP contribution >= 0.6 is 0 Å². The number of nitrogens with zero attached hydrogens (tertiary/aromatic N) is 4. The summed E-state index contributed by atoms with van der Waals surface area (Å²) in [4.78, 5) is 14.3. The Balaban J connectivity index is 1.85. The number of aliphatic hydroxyl groups is 1. The first-order chi connectivity index (χ1) is 13.2. The first-order valence-corrected chi connectivity index (χ1v) is 9.92. The molecule has 0 aliphatic heterocycles. The molecule has 1 aliphatic rings. The molecule has 0 unspecified atom stereocenters. The Labute approximate surface area is 159 Å². The van der Waals surface area contributed by atoms with Crippen LogP contribution in [0, 0.1) is 0 Å². The zero-order valence-corrected chi connectivity index (χ0v) is 16.0. The molecule has 0 saturated heterocycles. The number of rotatable bonds is 6. The molecule has 27 heavy (non-hydrogen) atoms. The highest BCUT2D eigenvalue weighted by Crippen LogP contribution is 2.30. The molecule has 2 aromatic heterocycles. The predicted octanol–water partition coefficient (Wildman–Crippen LogP) is 4.18. The van der Waals surface area contributed by atoms with Crippen LogP contribution in [0.3, 0.4) is 0 Å². The highest BCUT2D eigenvalue weighted by Gasteiger charge is 2.23. The van der Waals surface area contributed by atoms with E-state index < -0.39 is 6.10 Å². The SMILES string of the molecule is CC[C@@H]([C@@H](C)O)n1cnc2c(NC3CCCC3)nc(-c3ccccc3)nc21. The third kappa shape index (κ3) is 3.54. The van der Waals surface area contributed by atoms with Crippen LogP contribution in [0.15, 0.2) is 36.7 Å². The first-order valence-electron chi connectivity index (χ1n) is 9.92. The standard InChI is InChI=1S/C21H27N5O/c1-3-17(14(2)27)26-13-22-18-20(23-16-11-7-8-12-16)24-19(25-21(18)26)15-9-5-4-6-10-15/h4-6,9-10,13-14,16-17,27H,3,7-8,11-12H2,1-2H3,(H,23,24,25)/t14-,17+/m1/s1. The minimum absolute atomic E-state index is 0.0622. The Bertz CT molecular complexity index is 900. The quantitative estimate of drug-likeness (QED) is 0.685. The van der Waals surface area contributed by atoms with Crippen molar-refractivity contribution in [3.05, 3.63) is 36.7 Å². The van der Waals surface area contributed by atoms with E-state index in [1.807, 2.05) is 41.8 Å². The normalized spacial score (nSPS) is 17.3. The molecule has 6 heteroatoms. The van der Waals surface area contributed by atoms with Crippen LogP contribution in [0.5, 0.6) is 0 Å². The molecule has 2 heterocycles. The van der Waals surface area contributed by atoms with Crippen molar-refractivity contribution in [3.63, 3.8) is 0 Å². The monoisotopic (exact) mass is 365 g/mol. The molecule has 1 aromatic carbocycles. The van der Waals surface area contributed by atoms with E-state index in [0.29, 0.717) is 11.9 Å². The molecular formula is C21H27N5O. The first kappa shape index (κ1) is 17.9. The van der Waals surface area contributed by atoms with Crippen LogP contribution < -0.4 is 5.32 Å². The fourth-order valence-corrected chi connectivity index (χ4v) is 4.01. The van der Waals surface area contributed by atoms with Gasteiger partial charge in [-0.2, -0.15) is 0 Å². The number of fused-ring (bicyclic) bond motifs is 1. The van der Waals surface area contributed by atoms with Gasteiger partial charge in [0.1, 0.15) is 5.52 Å². The van der Waals surface area contributed by atoms with Gasteiger partial charge >= 0.3 is 0 Å². The van der Waals surface area contributed by atoms with E-state index in [9.17, 15) is 5.11 Å². The summed E-state index contributed by atoms with van der Waals surface area (Å²) in [6, 6.07) is 10.4. The van der Waals surface area contributed by atoms with Gasteiger partial charge < -0.3 is 15.0 Å². The third-order valence-corrected chi connectivity index (χ3v) is 5.48. The van der Waals surface area contributed by atoms with E-state index in [2.05, 4.69) is 17.2 Å². The molecule has 1 aliphatic carbocycles. The largest absolute Gasteiger partial charge is 0.391 e. The molecule has 2 N–H and O–H groups in total. The molecule has 4 rings (SSSR count). The van der Waals surface area contributed by atoms with Gasteiger partial charge in [-0.15, -0.1) is 0 Å². The van der Waals surface area contributed by atoms with E-state index in [0.717, 1.165) is 41.8 Å². The van der Waals surface area contributed by atoms with Crippen molar-refractivity contribution >= 4 is 17.0 Å². The number of nitrogens with one attached hydrogen (secondary N) is 1. The topological polar surface area (TPSA) is 75.9 Å². The summed E-state index contributed by atoms with van der Waals surface area (Å²) in [5.74, 6) is 1.48. The minimum atomic E-state index is -0.478. The van der Waals surface area contributed by atoms with Crippen LogP contribution in [-0.2, 0) is 0 Å². The van der Waals surface area contributed by atoms with Crippen LogP contribution in [-0.4, -0.2) is 36.8 Å². The molecule has 1 saturated carbocycles. The number of hydrogen-bond donors (Lipinski definition) is 2. The lowest BCUT2D eigenvalue weighted by Crippen LogP contribution is -2.21. The van der Waals surface area contributed by atoms with Gasteiger partial charge in [0, 0.05) is 11.6 Å². The van der Waals surface area contributed by atoms with Crippen molar-refractivity contribution in [3.8, 4) is 11.4 Å². The predicted molar refractivity (Wildman–Crippen MR) is 108 cm³/mol. The van der Waals surface area contributed by atoms with E-state index in [4.69, 9.17) is 9.97 Å². The summed E-state index contributed by atoms with van der Waals surface area (Å²) in [6.45, 7) is 3.89. The summed E-state index contributed by atoms with van der Waals surface area (Å²) in [5, 5.41) is 13.8. The molecule has 0 amide bonds. The number of aliphatic hydroxyl groups excluding tert-OH is 1. The van der Waals surface area contributed by atoms with Crippen molar-refractivity contribution in [2.75, 3.05) is 5.32 Å². The van der Waals surface area contributed by atoms with Crippen molar-refractivity contribution < 1.29 is 5.11 Å². The zero-order chi connectivity index (χ0) is 18.8. The Hall–Kier alpha value is -2.47. The van der Waals surface area contributed by atoms with E-state index in [1.54, 1.807) is 6.33 Å². The maximum Gasteiger partial charge on any atom is 0.166 e. The lowest BCUT2D eigenvalue weighted by atomic mass is 10.1. The van der Waals surface area contributed by atoms with Gasteiger partial charge in [0.2, 0.25) is 0 Å². The van der Waals surface area contributed by atoms with Crippen LogP contribution in [0.2, 0.25) is 0 Å². The van der Waals surface area contributed by atoms with Crippen LogP contribution in [0.1, 0.15) is 52.0 Å². The molecule has 3 aromatic rings. The van der Waals surface area contributed by atoms with Gasteiger partial charge in [-0.1, -0.05) is 50.1 Å². The second kappa shape index (κ2) is 7.64. The zero-order valence-electron chi connectivity index (χ0n) is 16.0. The lowest BCUT2D eigenvalue weighted by molar-refractivity contribution is 0.129. The van der Waals surface area contributed by atoms with Gasteiger partial charge in [-0.25, -0.2) is 15.0 Å². The Morgan fingerprint density at radius 1 is 1.19 bits per heavy atom. The average Bonchev–Trinajstić information content (AvgIpc) is 3.33. The Kier molecular flexibility index (Phi) is 5.07. The molecule has 142 valence electrons. The highest BCUT2D eigenvalue weighted by atomic mass is 16.3. The number of aromatic nitrogens is 4. The minimum Gasteiger partial charge on any atom is -0.391 e. The number of benzene rings is 1. The number of imidazole rings is 1. The molecule has 0 radical (unpaired) electrons. The van der Waals surface area contributed by atoms with Crippen molar-refractivity contribution in [1.82, 2.24) is 19.5 Å². The summed E-state index contributed by atoms with van der Waals surface area (Å²) >= 11 is 0. The second-order valence-corrected chi connectivity index (χ2v) is 7.43. The van der Waals surface area contributed by atoms with Crippen molar-refractivity contribution in [2.45, 2.75) is 64.1 Å². The molecule has 0 spiro atoms. The van der Waals surface area contributed by atoms with E-state index >= 15 is 0 Å². The molecular weight excluding hydrogens is 338 g/mol. The number of hydrogen-bond acceptors (Lipinski definition) is 5. The van der Waals surface area contributed by atoms with Crippen LogP contribution in [0.25, 0.3) is 22.6 Å². The van der Waals surface area contributed by atoms with E-state index in [-0.39, 0.29) is 6.04 Å². The molecule has 2 atom stereocenters. The lowest BCUT2D eigenvalue weighted by Gasteiger charge is -2.20. The maximum atomic E-state index is 10.2. The number of anilines is 1. The second-order valence-electron chi connectivity index (χ2n) is 7.43. The third-order valence-electron chi connectivity index (χ3n) is 5.48. The highest BCUT2D eigenvalue weighted by molar-refractivity contribution is 5.85. The van der Waals surface area contributed by atoms with E-state index in [1.165, 1.54) is 12.8 Å². The summed E-state index contributed by atoms with van der Waals surface area (Å²) < 4.78 is 1.99. The Morgan fingerprint density at radius 3 is 2.59 bits per heavy atom. The average molecular weight is 365 g/mol. The summed E-state index contributed by atoms with van der Waals surface area (Å²) in [7, 11) is 0. The van der Waals surface area contributed by atoms with Gasteiger partial charge in [0.15, 0.2) is 17.3 Å². The summed E-state index contributed by atoms with van der Waals surface area (Å²) in [6.07, 6.45) is 6.95. The fraction of sp³-hybridized carbons (Fsp3) is 0.476. The van der Waals surface area contributed by atoms with Gasteiger partial charge in [0.05, 0.1) is 18.5 Å². The maximum absolute atomic E-state index is 10.2. The fourth-order valence-electron chi connectivity index (χ4n) is 4.01. The molecule has 0 bridgehead atoms. The van der Waals surface area contributed by atoms with Gasteiger partial charge in [0.25, 0.3) is 0 Å². The summed E-state index contributed by atoms with van der Waals surface area (Å²) in [5.41, 5.74) is 2.53. The molecule has 6 nitrogen and oxygen atoms in total. The van der Waals surface area contributed by atoms with Gasteiger partial charge in [-0.05, 0) is 26.2 Å². The van der Waals surface area contributed by atoms with Gasteiger partial charge in [-0.3, -0.25) is 0 Å².